The summed E-state index contributed by atoms with van der Waals surface area (Å²) in [7, 11) is 1.31. The van der Waals surface area contributed by atoms with E-state index in [4.69, 9.17) is 5.73 Å². The molecule has 0 aliphatic rings. The van der Waals surface area contributed by atoms with Crippen LogP contribution in [0.15, 0.2) is 18.5 Å². The highest BCUT2D eigenvalue weighted by atomic mass is 16.5. The van der Waals surface area contributed by atoms with Crippen molar-refractivity contribution in [2.45, 2.75) is 12.6 Å². The number of carbonyl (C=O) groups excluding carboxylic acids is 1. The number of nitrogens with two attached hydrogens (primary N) is 1. The van der Waals surface area contributed by atoms with Crippen molar-refractivity contribution in [3.63, 3.8) is 0 Å². The molecule has 66 valence electrons. The monoisotopic (exact) mass is 169 g/mol. The molecule has 1 aromatic rings. The Morgan fingerprint density at radius 1 is 1.83 bits per heavy atom. The van der Waals surface area contributed by atoms with Crippen LogP contribution >= 0.6 is 0 Å². The topological polar surface area (TPSA) is 70.1 Å². The van der Waals surface area contributed by atoms with E-state index in [2.05, 4.69) is 9.84 Å². The average Bonchev–Trinajstić information content (AvgIpc) is 2.55. The van der Waals surface area contributed by atoms with Crippen LogP contribution in [0.2, 0.25) is 0 Å². The molecule has 0 aliphatic carbocycles. The Balaban J connectivity index is 2.47. The molecule has 0 fully saturated rings. The summed E-state index contributed by atoms with van der Waals surface area (Å²) in [6.07, 6.45) is 3.37. The van der Waals surface area contributed by atoms with Crippen LogP contribution in [0.1, 0.15) is 0 Å². The maximum atomic E-state index is 10.8. The third-order valence-corrected chi connectivity index (χ3v) is 1.45. The van der Waals surface area contributed by atoms with E-state index in [-0.39, 0.29) is 0 Å². The van der Waals surface area contributed by atoms with Crippen LogP contribution < -0.4 is 5.73 Å². The van der Waals surface area contributed by atoms with Crippen molar-refractivity contribution in [3.8, 4) is 0 Å². The predicted molar refractivity (Wildman–Crippen MR) is 42.2 cm³/mol. The lowest BCUT2D eigenvalue weighted by Gasteiger charge is -2.08. The molecule has 0 saturated heterocycles. The van der Waals surface area contributed by atoms with E-state index in [0.717, 1.165) is 0 Å². The first kappa shape index (κ1) is 8.73. The van der Waals surface area contributed by atoms with E-state index in [1.807, 2.05) is 0 Å². The van der Waals surface area contributed by atoms with Gasteiger partial charge in [0.2, 0.25) is 0 Å². The second kappa shape index (κ2) is 3.87. The van der Waals surface area contributed by atoms with Gasteiger partial charge in [0.1, 0.15) is 6.04 Å². The minimum absolute atomic E-state index is 0.347. The number of ether oxygens (including phenoxy) is 1. The standard InChI is InChI=1S/C7H11N3O2/c1-12-7(11)6(8)5-10-4-2-3-9-10/h2-4,6H,5,8H2,1H3/t6-/m0/s1. The Morgan fingerprint density at radius 3 is 3.08 bits per heavy atom. The molecule has 1 rings (SSSR count). The molecule has 0 bridgehead atoms. The highest BCUT2D eigenvalue weighted by molar-refractivity contribution is 5.75. The van der Waals surface area contributed by atoms with Gasteiger partial charge in [0, 0.05) is 12.4 Å². The van der Waals surface area contributed by atoms with E-state index in [9.17, 15) is 4.79 Å². The molecular formula is C7H11N3O2. The molecular weight excluding hydrogens is 158 g/mol. The van der Waals surface area contributed by atoms with Gasteiger partial charge in [0.25, 0.3) is 0 Å². The first-order chi connectivity index (χ1) is 5.74. The van der Waals surface area contributed by atoms with Gasteiger partial charge in [-0.2, -0.15) is 5.10 Å². The largest absolute Gasteiger partial charge is 0.468 e. The maximum absolute atomic E-state index is 10.8. The van der Waals surface area contributed by atoms with Gasteiger partial charge < -0.3 is 10.5 Å². The van der Waals surface area contributed by atoms with E-state index in [0.29, 0.717) is 6.54 Å². The summed E-state index contributed by atoms with van der Waals surface area (Å²) in [5, 5.41) is 3.90. The Bertz CT molecular complexity index is 245. The van der Waals surface area contributed by atoms with Gasteiger partial charge in [-0.3, -0.25) is 9.48 Å². The fourth-order valence-electron chi connectivity index (χ4n) is 0.836. The fraction of sp³-hybridized carbons (Fsp3) is 0.429. The number of hydrogen-bond acceptors (Lipinski definition) is 4. The van der Waals surface area contributed by atoms with Crippen molar-refractivity contribution in [2.24, 2.45) is 5.73 Å². The quantitative estimate of drug-likeness (QED) is 0.612. The minimum Gasteiger partial charge on any atom is -0.468 e. The van der Waals surface area contributed by atoms with Gasteiger partial charge in [0.05, 0.1) is 13.7 Å². The summed E-state index contributed by atoms with van der Waals surface area (Å²) < 4.78 is 6.04. The van der Waals surface area contributed by atoms with Gasteiger partial charge in [-0.15, -0.1) is 0 Å². The third-order valence-electron chi connectivity index (χ3n) is 1.45. The number of rotatable bonds is 3. The van der Waals surface area contributed by atoms with Crippen molar-refractivity contribution in [2.75, 3.05) is 7.11 Å². The van der Waals surface area contributed by atoms with Crippen LogP contribution in [0.4, 0.5) is 0 Å². The average molecular weight is 169 g/mol. The van der Waals surface area contributed by atoms with Crippen molar-refractivity contribution < 1.29 is 9.53 Å². The van der Waals surface area contributed by atoms with Crippen LogP contribution in [0.3, 0.4) is 0 Å². The minimum atomic E-state index is -0.644. The molecule has 0 spiro atoms. The van der Waals surface area contributed by atoms with Crippen LogP contribution in [0, 0.1) is 0 Å². The van der Waals surface area contributed by atoms with Crippen LogP contribution in [0.5, 0.6) is 0 Å². The van der Waals surface area contributed by atoms with Crippen molar-refractivity contribution in [1.82, 2.24) is 9.78 Å². The van der Waals surface area contributed by atoms with Crippen molar-refractivity contribution in [3.05, 3.63) is 18.5 Å². The van der Waals surface area contributed by atoms with Crippen molar-refractivity contribution >= 4 is 5.97 Å². The van der Waals surface area contributed by atoms with E-state index >= 15 is 0 Å². The second-order valence-corrected chi connectivity index (χ2v) is 2.36. The molecule has 0 saturated carbocycles. The molecule has 5 heteroatoms. The number of carbonyl (C=O) groups is 1. The number of nitrogens with zero attached hydrogens (tertiary/aromatic N) is 2. The van der Waals surface area contributed by atoms with Crippen LogP contribution in [0.25, 0.3) is 0 Å². The molecule has 2 N–H and O–H groups in total. The zero-order valence-electron chi connectivity index (χ0n) is 6.80. The van der Waals surface area contributed by atoms with E-state index < -0.39 is 12.0 Å². The highest BCUT2D eigenvalue weighted by Gasteiger charge is 2.13. The lowest BCUT2D eigenvalue weighted by atomic mass is 10.3. The molecule has 12 heavy (non-hydrogen) atoms. The summed E-state index contributed by atoms with van der Waals surface area (Å²) in [6.45, 7) is 0.347. The number of hydrogen-bond donors (Lipinski definition) is 1. The number of methoxy groups -OCH3 is 1. The van der Waals surface area contributed by atoms with Crippen molar-refractivity contribution in [1.29, 1.82) is 0 Å². The summed E-state index contributed by atoms with van der Waals surface area (Å²) in [6, 6.07) is 1.12. The summed E-state index contributed by atoms with van der Waals surface area (Å²) in [5.41, 5.74) is 5.48. The Hall–Kier alpha value is -1.36. The molecule has 0 aliphatic heterocycles. The number of esters is 1. The first-order valence-electron chi connectivity index (χ1n) is 3.55. The van der Waals surface area contributed by atoms with Gasteiger partial charge in [-0.05, 0) is 6.07 Å². The SMILES string of the molecule is COC(=O)[C@@H](N)Cn1cccn1. The normalized spacial score (nSPS) is 12.5. The Labute approximate surface area is 70.1 Å². The highest BCUT2D eigenvalue weighted by Crippen LogP contribution is 1.90. The maximum Gasteiger partial charge on any atom is 0.324 e. The third kappa shape index (κ3) is 2.06. The Kier molecular flexibility index (Phi) is 2.82. The zero-order chi connectivity index (χ0) is 8.97. The van der Waals surface area contributed by atoms with Gasteiger partial charge in [-0.25, -0.2) is 0 Å². The second-order valence-electron chi connectivity index (χ2n) is 2.36. The lowest BCUT2D eigenvalue weighted by molar-refractivity contribution is -0.142. The molecule has 0 unspecified atom stereocenters. The molecule has 1 aromatic heterocycles. The Morgan fingerprint density at radius 2 is 2.58 bits per heavy atom. The van der Waals surface area contributed by atoms with E-state index in [1.54, 1.807) is 23.1 Å². The molecule has 1 heterocycles. The van der Waals surface area contributed by atoms with E-state index in [1.165, 1.54) is 7.11 Å². The molecule has 1 atom stereocenters. The van der Waals surface area contributed by atoms with Gasteiger partial charge in [0.15, 0.2) is 0 Å². The first-order valence-corrected chi connectivity index (χ1v) is 3.55. The van der Waals surface area contributed by atoms with Gasteiger partial charge >= 0.3 is 5.97 Å². The van der Waals surface area contributed by atoms with Gasteiger partial charge in [-0.1, -0.05) is 0 Å². The fourth-order valence-corrected chi connectivity index (χ4v) is 0.836. The lowest BCUT2D eigenvalue weighted by Crippen LogP contribution is -2.35. The molecule has 0 radical (unpaired) electrons. The van der Waals surface area contributed by atoms with Crippen LogP contribution in [-0.4, -0.2) is 28.9 Å². The zero-order valence-corrected chi connectivity index (χ0v) is 6.80. The smallest absolute Gasteiger partial charge is 0.324 e. The summed E-state index contributed by atoms with van der Waals surface area (Å²) >= 11 is 0. The molecule has 5 nitrogen and oxygen atoms in total. The summed E-state index contributed by atoms with van der Waals surface area (Å²) in [4.78, 5) is 10.8. The predicted octanol–water partition coefficient (Wildman–Crippen LogP) is -0.617. The molecule has 0 aromatic carbocycles. The van der Waals surface area contributed by atoms with Crippen LogP contribution in [-0.2, 0) is 16.1 Å². The summed E-state index contributed by atoms with van der Waals surface area (Å²) in [5.74, 6) is -0.425. The molecule has 0 amide bonds. The number of aromatic nitrogens is 2.